The van der Waals surface area contributed by atoms with Crippen molar-refractivity contribution in [1.82, 2.24) is 0 Å². The van der Waals surface area contributed by atoms with Crippen LogP contribution >= 0.6 is 0 Å². The first-order valence-electron chi connectivity index (χ1n) is 4.14. The molecular formula is C8H8NNaO6S. The molecule has 0 aromatic heterocycles. The molecule has 88 valence electrons. The van der Waals surface area contributed by atoms with Gasteiger partial charge in [0, 0.05) is 12.1 Å². The maximum Gasteiger partial charge on any atom is 1.00 e. The van der Waals surface area contributed by atoms with E-state index in [2.05, 4.69) is 0 Å². The summed E-state index contributed by atoms with van der Waals surface area (Å²) in [5.41, 5.74) is -0.187. The number of benzene rings is 1. The van der Waals surface area contributed by atoms with E-state index in [9.17, 15) is 23.1 Å². The van der Waals surface area contributed by atoms with E-state index in [0.717, 1.165) is 12.1 Å². The zero-order valence-corrected chi connectivity index (χ0v) is 11.8. The minimum atomic E-state index is -4.54. The van der Waals surface area contributed by atoms with Crippen LogP contribution in [0.3, 0.4) is 0 Å². The molecule has 0 atom stereocenters. The van der Waals surface area contributed by atoms with Crippen molar-refractivity contribution in [2.45, 2.75) is 12.4 Å². The Hall–Kier alpha value is -0.510. The molecule has 17 heavy (non-hydrogen) atoms. The average molecular weight is 269 g/mol. The molecule has 1 rings (SSSR count). The molecule has 1 aromatic carbocycles. The van der Waals surface area contributed by atoms with Crippen molar-refractivity contribution in [2.75, 3.05) is 0 Å². The number of nitro groups is 1. The summed E-state index contributed by atoms with van der Waals surface area (Å²) in [6.45, 7) is -0.483. The Morgan fingerprint density at radius 3 is 2.29 bits per heavy atom. The number of aliphatic hydroxyl groups is 1. The predicted molar refractivity (Wildman–Crippen MR) is 52.4 cm³/mol. The molecule has 0 heterocycles. The van der Waals surface area contributed by atoms with E-state index < -0.39 is 27.4 Å². The third-order valence-electron chi connectivity index (χ3n) is 1.90. The second kappa shape index (κ2) is 6.43. The second-order valence-corrected chi connectivity index (χ2v) is 4.47. The molecule has 0 aliphatic rings. The van der Waals surface area contributed by atoms with Crippen LogP contribution in [0.5, 0.6) is 0 Å². The van der Waals surface area contributed by atoms with Gasteiger partial charge in [0.1, 0.15) is 0 Å². The standard InChI is InChI=1S/C8H9NO6S.Na/c10-4-6-1-2-8(9(11)12)3-7(6)5-16(13,14)15;/h1-3,10H,4-5H2,(H,13,14,15);/q;+1/p-1. The summed E-state index contributed by atoms with van der Waals surface area (Å²) in [5.74, 6) is -0.870. The zero-order chi connectivity index (χ0) is 12.3. The summed E-state index contributed by atoms with van der Waals surface area (Å²) in [5, 5.41) is 19.3. The van der Waals surface area contributed by atoms with Crippen molar-refractivity contribution in [3.8, 4) is 0 Å². The first kappa shape index (κ1) is 16.5. The quantitative estimate of drug-likeness (QED) is 0.271. The van der Waals surface area contributed by atoms with Crippen LogP contribution < -0.4 is 29.6 Å². The van der Waals surface area contributed by atoms with E-state index in [1.54, 1.807) is 0 Å². The number of aliphatic hydroxyl groups excluding tert-OH is 1. The minimum Gasteiger partial charge on any atom is -0.748 e. The summed E-state index contributed by atoms with van der Waals surface area (Å²) in [4.78, 5) is 9.73. The molecule has 0 spiro atoms. The third kappa shape index (κ3) is 5.11. The van der Waals surface area contributed by atoms with Gasteiger partial charge in [0.05, 0.1) is 27.4 Å². The monoisotopic (exact) mass is 269 g/mol. The average Bonchev–Trinajstić information content (AvgIpc) is 2.15. The van der Waals surface area contributed by atoms with Gasteiger partial charge >= 0.3 is 29.6 Å². The van der Waals surface area contributed by atoms with Gasteiger partial charge in [-0.3, -0.25) is 10.1 Å². The number of rotatable bonds is 4. The molecule has 7 nitrogen and oxygen atoms in total. The first-order valence-corrected chi connectivity index (χ1v) is 5.72. The third-order valence-corrected chi connectivity index (χ3v) is 2.57. The molecular weight excluding hydrogens is 261 g/mol. The minimum absolute atomic E-state index is 0. The molecule has 0 aliphatic heterocycles. The van der Waals surface area contributed by atoms with Crippen LogP contribution in [0.15, 0.2) is 18.2 Å². The summed E-state index contributed by atoms with van der Waals surface area (Å²) in [6.07, 6.45) is 0. The zero-order valence-electron chi connectivity index (χ0n) is 8.99. The molecule has 9 heteroatoms. The summed E-state index contributed by atoms with van der Waals surface area (Å²) in [7, 11) is -4.54. The molecule has 0 saturated heterocycles. The van der Waals surface area contributed by atoms with Crippen molar-refractivity contribution in [3.63, 3.8) is 0 Å². The van der Waals surface area contributed by atoms with Crippen molar-refractivity contribution in [3.05, 3.63) is 39.4 Å². The Morgan fingerprint density at radius 2 is 1.88 bits per heavy atom. The maximum absolute atomic E-state index is 10.5. The number of hydrogen-bond donors (Lipinski definition) is 1. The molecule has 0 bridgehead atoms. The largest absolute Gasteiger partial charge is 1.00 e. The maximum atomic E-state index is 10.5. The van der Waals surface area contributed by atoms with Crippen LogP contribution in [-0.4, -0.2) is 23.0 Å². The van der Waals surface area contributed by atoms with Crippen molar-refractivity contribution >= 4 is 15.8 Å². The SMILES string of the molecule is O=[N+]([O-])c1ccc(CO)c(CS(=O)(=O)[O-])c1.[Na+]. The topological polar surface area (TPSA) is 121 Å². The van der Waals surface area contributed by atoms with Gasteiger partial charge in [-0.25, -0.2) is 8.42 Å². The van der Waals surface area contributed by atoms with Gasteiger partial charge in [0.25, 0.3) is 5.69 Å². The normalized spacial score (nSPS) is 10.7. The van der Waals surface area contributed by atoms with Gasteiger partial charge in [0.15, 0.2) is 0 Å². The van der Waals surface area contributed by atoms with E-state index in [-0.39, 0.29) is 46.4 Å². The van der Waals surface area contributed by atoms with Gasteiger partial charge in [-0.1, -0.05) is 0 Å². The molecule has 1 aromatic rings. The fourth-order valence-corrected chi connectivity index (χ4v) is 1.85. The first-order chi connectivity index (χ1) is 7.33. The van der Waals surface area contributed by atoms with Crippen LogP contribution in [0.1, 0.15) is 11.1 Å². The van der Waals surface area contributed by atoms with E-state index >= 15 is 0 Å². The summed E-state index contributed by atoms with van der Waals surface area (Å²) in [6, 6.07) is 3.33. The molecule has 1 N–H and O–H groups in total. The van der Waals surface area contributed by atoms with E-state index in [0.29, 0.717) is 0 Å². The second-order valence-electron chi connectivity index (χ2n) is 3.07. The van der Waals surface area contributed by atoms with Crippen molar-refractivity contribution in [2.24, 2.45) is 0 Å². The van der Waals surface area contributed by atoms with Crippen LogP contribution in [0.2, 0.25) is 0 Å². The van der Waals surface area contributed by atoms with Crippen LogP contribution in [0.25, 0.3) is 0 Å². The van der Waals surface area contributed by atoms with E-state index in [1.807, 2.05) is 0 Å². The van der Waals surface area contributed by atoms with Crippen LogP contribution in [0.4, 0.5) is 5.69 Å². The van der Waals surface area contributed by atoms with Crippen LogP contribution in [0, 0.1) is 10.1 Å². The van der Waals surface area contributed by atoms with E-state index in [4.69, 9.17) is 5.11 Å². The number of non-ortho nitro benzene ring substituents is 1. The molecule has 0 saturated carbocycles. The van der Waals surface area contributed by atoms with Crippen molar-refractivity contribution in [1.29, 1.82) is 0 Å². The van der Waals surface area contributed by atoms with Gasteiger partial charge in [-0.05, 0) is 17.2 Å². The Kier molecular flexibility index (Phi) is 6.24. The molecule has 0 radical (unpaired) electrons. The molecule has 0 fully saturated rings. The number of hydrogen-bond acceptors (Lipinski definition) is 6. The van der Waals surface area contributed by atoms with Crippen molar-refractivity contribution < 1.29 is 52.6 Å². The number of nitrogens with zero attached hydrogens (tertiary/aromatic N) is 1. The van der Waals surface area contributed by atoms with Crippen LogP contribution in [-0.2, 0) is 22.5 Å². The summed E-state index contributed by atoms with van der Waals surface area (Å²) >= 11 is 0. The fraction of sp³-hybridized carbons (Fsp3) is 0.250. The Bertz CT molecular complexity index is 515. The Morgan fingerprint density at radius 1 is 1.29 bits per heavy atom. The van der Waals surface area contributed by atoms with Gasteiger partial charge in [0.2, 0.25) is 0 Å². The Labute approximate surface area is 120 Å². The molecule has 0 amide bonds. The Balaban J connectivity index is 0.00000256. The smallest absolute Gasteiger partial charge is 0.748 e. The van der Waals surface area contributed by atoms with Gasteiger partial charge in [-0.15, -0.1) is 0 Å². The predicted octanol–water partition coefficient (Wildman–Crippen LogP) is -2.86. The van der Waals surface area contributed by atoms with Gasteiger partial charge in [-0.2, -0.15) is 0 Å². The molecule has 0 aliphatic carbocycles. The number of nitro benzene ring substituents is 1. The molecule has 0 unspecified atom stereocenters. The van der Waals surface area contributed by atoms with Gasteiger partial charge < -0.3 is 9.66 Å². The summed E-state index contributed by atoms with van der Waals surface area (Å²) < 4.78 is 31.6. The van der Waals surface area contributed by atoms with E-state index in [1.165, 1.54) is 6.07 Å². The fourth-order valence-electron chi connectivity index (χ4n) is 1.20.